The fourth-order valence-electron chi connectivity index (χ4n) is 6.72. The fraction of sp³-hybridized carbons (Fsp3) is 0.561. The molecule has 9 nitrogen and oxygen atoms in total. The van der Waals surface area contributed by atoms with E-state index in [1.807, 2.05) is 0 Å². The third-order valence-corrected chi connectivity index (χ3v) is 16.4. The van der Waals surface area contributed by atoms with Crippen molar-refractivity contribution in [2.24, 2.45) is 0 Å². The minimum Gasteiger partial charge on any atom is -0.491 e. The molecule has 2 atom stereocenters. The Labute approximate surface area is 387 Å². The molecule has 2 rings (SSSR count). The Morgan fingerprint density at radius 1 is 0.729 bits per heavy atom. The maximum atomic E-state index is 15.0. The lowest BCUT2D eigenvalue weighted by molar-refractivity contribution is -0.461. The Bertz CT molecular complexity index is 2130. The first-order valence-corrected chi connectivity index (χ1v) is 22.4. The van der Waals surface area contributed by atoms with E-state index in [4.69, 9.17) is 23.8 Å². The number of methoxy groups -OCH3 is 1. The quantitative estimate of drug-likeness (QED) is 0.0173. The second-order valence-electron chi connectivity index (χ2n) is 16.0. The van der Waals surface area contributed by atoms with Crippen LogP contribution < -0.4 is 15.5 Å². The number of hydroxylamine groups is 1. The second kappa shape index (κ2) is 22.8. The van der Waals surface area contributed by atoms with Crippen LogP contribution in [0.2, 0.25) is 17.1 Å². The highest BCUT2D eigenvalue weighted by molar-refractivity contribution is 6.76. The van der Waals surface area contributed by atoms with Gasteiger partial charge in [0, 0.05) is 25.7 Å². The van der Waals surface area contributed by atoms with Gasteiger partial charge in [0.1, 0.15) is 30.1 Å². The lowest BCUT2D eigenvalue weighted by Crippen LogP contribution is -2.74. The van der Waals surface area contributed by atoms with Crippen molar-refractivity contribution >= 4 is 26.0 Å². The van der Waals surface area contributed by atoms with Crippen LogP contribution >= 0.6 is 0 Å². The number of hydrogen-bond acceptors (Lipinski definition) is 7. The minimum absolute atomic E-state index is 0.00629. The predicted molar refractivity (Wildman–Crippen MR) is 211 cm³/mol. The Balaban J connectivity index is 2.35. The van der Waals surface area contributed by atoms with Gasteiger partial charge < -0.3 is 18.6 Å². The molecule has 0 saturated heterocycles. The van der Waals surface area contributed by atoms with Crippen LogP contribution in [-0.2, 0) is 18.7 Å². The number of rotatable bonds is 25. The molecule has 0 bridgehead atoms. The average molecular weight is 1070 g/mol. The number of carbonyl (C=O) groups excluding carboxylic acids is 2. The molecule has 2 aromatic rings. The largest absolute Gasteiger partial charge is 0.491 e. The third kappa shape index (κ3) is 12.8. The van der Waals surface area contributed by atoms with E-state index in [1.54, 1.807) is 0 Å². The van der Waals surface area contributed by atoms with Crippen molar-refractivity contribution < 1.29 is 117 Å². The van der Waals surface area contributed by atoms with Crippen molar-refractivity contribution in [2.75, 3.05) is 25.6 Å². The maximum absolute atomic E-state index is 15.0. The number of allylic oxidation sites excluding steroid dienone is 2. The van der Waals surface area contributed by atoms with Crippen LogP contribution in [0.3, 0.4) is 0 Å². The van der Waals surface area contributed by atoms with Crippen molar-refractivity contribution in [2.45, 2.75) is 124 Å². The molecule has 3 N–H and O–H groups in total. The van der Waals surface area contributed by atoms with E-state index in [1.165, 1.54) is 83.6 Å². The van der Waals surface area contributed by atoms with Crippen molar-refractivity contribution in [3.63, 3.8) is 0 Å². The molecule has 0 radical (unpaired) electrons. The van der Waals surface area contributed by atoms with Gasteiger partial charge in [0.25, 0.3) is 5.91 Å². The summed E-state index contributed by atoms with van der Waals surface area (Å²) >= 11 is 0. The summed E-state index contributed by atoms with van der Waals surface area (Å²) in [6.45, 7) is 5.50. The first-order chi connectivity index (χ1) is 31.8. The van der Waals surface area contributed by atoms with Gasteiger partial charge in [0.2, 0.25) is 0 Å². The molecule has 0 aliphatic rings. The van der Waals surface area contributed by atoms with Crippen LogP contribution in [0, 0.1) is 11.6 Å². The lowest BCUT2D eigenvalue weighted by atomic mass is 9.88. The molecular formula is C41H45F19N2O7Si. The van der Waals surface area contributed by atoms with E-state index in [9.17, 15) is 84.2 Å². The van der Waals surface area contributed by atoms with Gasteiger partial charge in [0.15, 0.2) is 14.4 Å². The van der Waals surface area contributed by atoms with Crippen molar-refractivity contribution in [1.82, 2.24) is 5.48 Å². The zero-order valence-electron chi connectivity index (χ0n) is 37.2. The highest BCUT2D eigenvalue weighted by Gasteiger charge is 2.95. The number of benzene rings is 2. The number of hydrogen-bond donors (Lipinski definition) is 3. The molecule has 398 valence electrons. The first kappa shape index (κ1) is 61.3. The zero-order chi connectivity index (χ0) is 54.3. The smallest absolute Gasteiger partial charge is 0.460 e. The first-order valence-electron chi connectivity index (χ1n) is 20.1. The number of nitrogens with one attached hydrogen (secondary N) is 2. The Hall–Kier alpha value is -4.77. The van der Waals surface area contributed by atoms with Gasteiger partial charge in [0.05, 0.1) is 12.3 Å². The van der Waals surface area contributed by atoms with Gasteiger partial charge in [-0.1, -0.05) is 52.0 Å². The van der Waals surface area contributed by atoms with Gasteiger partial charge in [-0.15, -0.1) is 0 Å². The average Bonchev–Trinajstić information content (AvgIpc) is 3.24. The van der Waals surface area contributed by atoms with Crippen LogP contribution in [0.1, 0.15) is 59.1 Å². The Kier molecular flexibility index (Phi) is 19.9. The summed E-state index contributed by atoms with van der Waals surface area (Å²) in [4.78, 5) is 24.4. The number of halogens is 19. The summed E-state index contributed by atoms with van der Waals surface area (Å²) in [6, 6.07) is 6.09. The number of anilines is 1. The summed E-state index contributed by atoms with van der Waals surface area (Å²) < 4.78 is 286. The molecule has 0 aromatic heterocycles. The van der Waals surface area contributed by atoms with Crippen LogP contribution in [0.5, 0.6) is 5.75 Å². The second-order valence-corrected chi connectivity index (χ2v) is 21.0. The van der Waals surface area contributed by atoms with E-state index in [0.29, 0.717) is 11.6 Å². The highest BCUT2D eigenvalue weighted by Crippen LogP contribution is 2.64. The fourth-order valence-corrected chi connectivity index (χ4v) is 11.2. The molecule has 0 saturated carbocycles. The van der Waals surface area contributed by atoms with Crippen molar-refractivity contribution in [3.8, 4) is 5.75 Å². The SMILES string of the molecule is CO[C@H](C/C=C/C(C)=C/C(=O)NO)[C@H](OC(=O)Nc1ccc(F)cc1F)c1ccc(OCCO[Si](CCC(F)(F)C(F)(F)C(F)(F)C(F)(F)C(F)(F)C(F)(F)C(F)(F)C(F)(F)F)(C(C)C)C(C)C)cc1. The van der Waals surface area contributed by atoms with Gasteiger partial charge in [-0.25, -0.2) is 19.1 Å². The number of amides is 2. The van der Waals surface area contributed by atoms with Gasteiger partial charge in [-0.2, -0.15) is 74.6 Å². The van der Waals surface area contributed by atoms with E-state index >= 15 is 8.78 Å². The van der Waals surface area contributed by atoms with Crippen molar-refractivity contribution in [3.05, 3.63) is 83.5 Å². The molecule has 0 heterocycles. The summed E-state index contributed by atoms with van der Waals surface area (Å²) in [5.41, 5.74) is -0.406. The van der Waals surface area contributed by atoms with E-state index < -0.39 is 134 Å². The van der Waals surface area contributed by atoms with E-state index in [-0.39, 0.29) is 17.7 Å². The molecule has 0 spiro atoms. The molecule has 0 aliphatic heterocycles. The molecule has 0 fully saturated rings. The monoisotopic (exact) mass is 1070 g/mol. The summed E-state index contributed by atoms with van der Waals surface area (Å²) in [7, 11) is -2.85. The minimum atomic E-state index is -8.73. The summed E-state index contributed by atoms with van der Waals surface area (Å²) in [5.74, 6) is -60.0. The molecule has 0 aliphatic carbocycles. The highest BCUT2D eigenvalue weighted by atomic mass is 28.4. The van der Waals surface area contributed by atoms with Gasteiger partial charge in [-0.05, 0) is 65.9 Å². The summed E-state index contributed by atoms with van der Waals surface area (Å²) in [5, 5.41) is 10.8. The number of alkyl halides is 17. The molecule has 2 amide bonds. The molecular weight excluding hydrogens is 1020 g/mol. The van der Waals surface area contributed by atoms with Crippen LogP contribution in [0.25, 0.3) is 0 Å². The summed E-state index contributed by atoms with van der Waals surface area (Å²) in [6.07, 6.45) is -10.1. The van der Waals surface area contributed by atoms with Gasteiger partial charge >= 0.3 is 53.7 Å². The van der Waals surface area contributed by atoms with Crippen LogP contribution in [-0.4, -0.2) is 99.6 Å². The standard InChI is InChI=1S/C41H45F19N2O7Si/c1-22(2)70(23(3)4,19-16-34(44,45)35(46,47)36(48,49)37(50,51)38(52,53)39(54,55)40(56,57)41(58,59)60)68-18-17-67-27-13-10-25(11-14-27)32(30(66-6)9-7-8-24(5)20-31(63)62-65)69-33(64)61-29-15-12-26(42)21-28(29)43/h7-8,10-15,20-23,30,32,65H,9,16-19H2,1-6H3,(H,61,64)(H,62,63)/b8-7+,24-20+/t30-,32-/m1/s1. The molecule has 70 heavy (non-hydrogen) atoms. The normalized spacial score (nSPS) is 15.1. The third-order valence-electron chi connectivity index (χ3n) is 10.8. The van der Waals surface area contributed by atoms with Crippen LogP contribution in [0.15, 0.2) is 66.3 Å². The topological polar surface area (TPSA) is 115 Å². The van der Waals surface area contributed by atoms with Crippen LogP contribution in [0.4, 0.5) is 93.9 Å². The zero-order valence-corrected chi connectivity index (χ0v) is 38.2. The lowest BCUT2D eigenvalue weighted by Gasteiger charge is -2.44. The molecule has 0 unspecified atom stereocenters. The number of carbonyl (C=O) groups is 2. The maximum Gasteiger partial charge on any atom is 0.460 e. The molecule has 2 aromatic carbocycles. The predicted octanol–water partition coefficient (Wildman–Crippen LogP) is 13.2. The van der Waals surface area contributed by atoms with E-state index in [0.717, 1.165) is 18.2 Å². The Morgan fingerprint density at radius 3 is 1.71 bits per heavy atom. The van der Waals surface area contributed by atoms with Crippen molar-refractivity contribution in [1.29, 1.82) is 0 Å². The van der Waals surface area contributed by atoms with E-state index in [2.05, 4.69) is 5.32 Å². The van der Waals surface area contributed by atoms with Gasteiger partial charge in [-0.3, -0.25) is 15.3 Å². The number of ether oxygens (including phenoxy) is 3. The Morgan fingerprint density at radius 2 is 1.24 bits per heavy atom. The molecule has 29 heteroatoms.